The number of benzene rings is 1. The van der Waals surface area contributed by atoms with Gasteiger partial charge in [0.15, 0.2) is 0 Å². The SMILES string of the molecule is CC(CO)(CO)NC(=O)/C=C/c1ccccc1[N+](=O)[O-]. The molecule has 0 unspecified atom stereocenters. The number of amides is 1. The number of para-hydroxylation sites is 1. The lowest BCUT2D eigenvalue weighted by atomic mass is 10.1. The van der Waals surface area contributed by atoms with Gasteiger partial charge in [0.05, 0.1) is 29.2 Å². The number of carbonyl (C=O) groups is 1. The van der Waals surface area contributed by atoms with E-state index in [9.17, 15) is 14.9 Å². The van der Waals surface area contributed by atoms with Gasteiger partial charge in [0, 0.05) is 12.1 Å². The third-order valence-corrected chi connectivity index (χ3v) is 2.67. The Morgan fingerprint density at radius 3 is 2.55 bits per heavy atom. The van der Waals surface area contributed by atoms with Gasteiger partial charge < -0.3 is 15.5 Å². The van der Waals surface area contributed by atoms with Crippen molar-refractivity contribution in [2.24, 2.45) is 0 Å². The van der Waals surface area contributed by atoms with Gasteiger partial charge in [-0.05, 0) is 19.1 Å². The molecule has 1 aromatic carbocycles. The largest absolute Gasteiger partial charge is 0.394 e. The van der Waals surface area contributed by atoms with Gasteiger partial charge in [0.25, 0.3) is 5.69 Å². The lowest BCUT2D eigenvalue weighted by Gasteiger charge is -2.25. The fourth-order valence-corrected chi connectivity index (χ4v) is 1.43. The Morgan fingerprint density at radius 2 is 2.00 bits per heavy atom. The van der Waals surface area contributed by atoms with E-state index in [0.717, 1.165) is 6.08 Å². The number of nitrogens with one attached hydrogen (secondary N) is 1. The van der Waals surface area contributed by atoms with Gasteiger partial charge in [-0.2, -0.15) is 0 Å². The number of aliphatic hydroxyl groups excluding tert-OH is 2. The number of rotatable bonds is 6. The van der Waals surface area contributed by atoms with Crippen LogP contribution < -0.4 is 5.32 Å². The molecule has 1 aromatic rings. The number of aliphatic hydroxyl groups is 2. The third-order valence-electron chi connectivity index (χ3n) is 2.67. The van der Waals surface area contributed by atoms with E-state index in [2.05, 4.69) is 5.32 Å². The van der Waals surface area contributed by atoms with E-state index in [0.29, 0.717) is 5.56 Å². The van der Waals surface area contributed by atoms with Crippen molar-refractivity contribution in [2.75, 3.05) is 13.2 Å². The Bertz CT molecular complexity index is 523. The molecule has 0 saturated carbocycles. The minimum Gasteiger partial charge on any atom is -0.394 e. The molecule has 0 spiro atoms. The molecule has 0 aliphatic heterocycles. The first-order valence-corrected chi connectivity index (χ1v) is 5.87. The zero-order chi connectivity index (χ0) is 15.2. The van der Waals surface area contributed by atoms with Crippen molar-refractivity contribution in [3.63, 3.8) is 0 Å². The molecular weight excluding hydrogens is 264 g/mol. The number of nitro benzene ring substituents is 1. The topological polar surface area (TPSA) is 113 Å². The highest BCUT2D eigenvalue weighted by Crippen LogP contribution is 2.18. The highest BCUT2D eigenvalue weighted by molar-refractivity contribution is 5.92. The summed E-state index contributed by atoms with van der Waals surface area (Å²) in [6, 6.07) is 6.00. The van der Waals surface area contributed by atoms with E-state index in [-0.39, 0.29) is 5.69 Å². The van der Waals surface area contributed by atoms with Crippen LogP contribution in [0.3, 0.4) is 0 Å². The first-order valence-electron chi connectivity index (χ1n) is 5.87. The number of nitro groups is 1. The molecule has 0 bridgehead atoms. The van der Waals surface area contributed by atoms with Gasteiger partial charge >= 0.3 is 0 Å². The molecule has 0 atom stereocenters. The van der Waals surface area contributed by atoms with E-state index in [4.69, 9.17) is 10.2 Å². The van der Waals surface area contributed by atoms with Crippen LogP contribution in [-0.4, -0.2) is 39.8 Å². The van der Waals surface area contributed by atoms with E-state index in [1.165, 1.54) is 31.2 Å². The van der Waals surface area contributed by atoms with Crippen LogP contribution in [0.5, 0.6) is 0 Å². The lowest BCUT2D eigenvalue weighted by Crippen LogP contribution is -2.51. The van der Waals surface area contributed by atoms with Gasteiger partial charge in [-0.25, -0.2) is 0 Å². The van der Waals surface area contributed by atoms with Crippen molar-refractivity contribution < 1.29 is 19.9 Å². The predicted molar refractivity (Wildman–Crippen MR) is 72.8 cm³/mol. The van der Waals surface area contributed by atoms with Crippen LogP contribution >= 0.6 is 0 Å². The van der Waals surface area contributed by atoms with E-state index >= 15 is 0 Å². The quantitative estimate of drug-likeness (QED) is 0.398. The van der Waals surface area contributed by atoms with Gasteiger partial charge in [0.1, 0.15) is 0 Å². The summed E-state index contributed by atoms with van der Waals surface area (Å²) in [5.41, 5.74) is -0.949. The maximum absolute atomic E-state index is 11.6. The Hall–Kier alpha value is -2.25. The Labute approximate surface area is 115 Å². The molecule has 3 N–H and O–H groups in total. The molecule has 1 rings (SSSR count). The number of hydrogen-bond acceptors (Lipinski definition) is 5. The van der Waals surface area contributed by atoms with Gasteiger partial charge in [-0.15, -0.1) is 0 Å². The monoisotopic (exact) mass is 280 g/mol. The summed E-state index contributed by atoms with van der Waals surface area (Å²) in [5.74, 6) is -0.561. The van der Waals surface area contributed by atoms with Crippen LogP contribution in [0.2, 0.25) is 0 Å². The molecule has 20 heavy (non-hydrogen) atoms. The van der Waals surface area contributed by atoms with Crippen molar-refractivity contribution in [1.82, 2.24) is 5.32 Å². The number of hydrogen-bond donors (Lipinski definition) is 3. The summed E-state index contributed by atoms with van der Waals surface area (Å²) in [5, 5.41) is 31.3. The normalized spacial score (nSPS) is 11.6. The smallest absolute Gasteiger partial charge is 0.276 e. The lowest BCUT2D eigenvalue weighted by molar-refractivity contribution is -0.385. The van der Waals surface area contributed by atoms with Crippen LogP contribution in [0.15, 0.2) is 30.3 Å². The molecule has 0 fully saturated rings. The summed E-state index contributed by atoms with van der Waals surface area (Å²) < 4.78 is 0. The molecule has 0 aromatic heterocycles. The summed E-state index contributed by atoms with van der Waals surface area (Å²) in [6.07, 6.45) is 2.43. The number of nitrogens with zero attached hydrogens (tertiary/aromatic N) is 1. The van der Waals surface area contributed by atoms with Crippen molar-refractivity contribution >= 4 is 17.7 Å². The van der Waals surface area contributed by atoms with Gasteiger partial charge in [-0.1, -0.05) is 12.1 Å². The average molecular weight is 280 g/mol. The minimum atomic E-state index is -1.13. The second-order valence-electron chi connectivity index (χ2n) is 4.52. The van der Waals surface area contributed by atoms with E-state index < -0.39 is 29.6 Å². The van der Waals surface area contributed by atoms with Crippen molar-refractivity contribution in [3.8, 4) is 0 Å². The zero-order valence-corrected chi connectivity index (χ0v) is 10.9. The summed E-state index contributed by atoms with van der Waals surface area (Å²) in [4.78, 5) is 21.9. The minimum absolute atomic E-state index is 0.108. The molecule has 0 heterocycles. The predicted octanol–water partition coefficient (Wildman–Crippen LogP) is 0.467. The third kappa shape index (κ3) is 4.15. The highest BCUT2D eigenvalue weighted by atomic mass is 16.6. The van der Waals surface area contributed by atoms with E-state index in [1.54, 1.807) is 6.07 Å². The molecule has 0 saturated heterocycles. The molecule has 0 aliphatic carbocycles. The molecular formula is C13H16N2O5. The van der Waals surface area contributed by atoms with Crippen LogP contribution in [0.1, 0.15) is 12.5 Å². The van der Waals surface area contributed by atoms with Crippen molar-refractivity contribution in [3.05, 3.63) is 46.0 Å². The number of carbonyl (C=O) groups excluding carboxylic acids is 1. The average Bonchev–Trinajstić information content (AvgIpc) is 2.45. The van der Waals surface area contributed by atoms with Crippen LogP contribution in [-0.2, 0) is 4.79 Å². The molecule has 0 aliphatic rings. The summed E-state index contributed by atoms with van der Waals surface area (Å²) >= 11 is 0. The first kappa shape index (κ1) is 15.8. The molecule has 108 valence electrons. The first-order chi connectivity index (χ1) is 9.41. The molecule has 7 heteroatoms. The fourth-order valence-electron chi connectivity index (χ4n) is 1.43. The Kier molecular flexibility index (Phi) is 5.36. The fraction of sp³-hybridized carbons (Fsp3) is 0.308. The maximum atomic E-state index is 11.6. The second-order valence-corrected chi connectivity index (χ2v) is 4.52. The zero-order valence-electron chi connectivity index (χ0n) is 10.9. The van der Waals surface area contributed by atoms with Crippen molar-refractivity contribution in [2.45, 2.75) is 12.5 Å². The summed E-state index contributed by atoms with van der Waals surface area (Å²) in [7, 11) is 0. The van der Waals surface area contributed by atoms with Crippen LogP contribution in [0.25, 0.3) is 6.08 Å². The molecule has 0 radical (unpaired) electrons. The van der Waals surface area contributed by atoms with E-state index in [1.807, 2.05) is 0 Å². The van der Waals surface area contributed by atoms with Crippen molar-refractivity contribution in [1.29, 1.82) is 0 Å². The van der Waals surface area contributed by atoms with Crippen LogP contribution in [0, 0.1) is 10.1 Å². The molecule has 7 nitrogen and oxygen atoms in total. The Balaban J connectivity index is 2.83. The second kappa shape index (κ2) is 6.78. The van der Waals surface area contributed by atoms with Gasteiger partial charge in [0.2, 0.25) is 5.91 Å². The van der Waals surface area contributed by atoms with Gasteiger partial charge in [-0.3, -0.25) is 14.9 Å². The van der Waals surface area contributed by atoms with Crippen LogP contribution in [0.4, 0.5) is 5.69 Å². The Morgan fingerprint density at radius 1 is 1.40 bits per heavy atom. The summed E-state index contributed by atoms with van der Waals surface area (Å²) in [6.45, 7) is 0.632. The highest BCUT2D eigenvalue weighted by Gasteiger charge is 2.23. The maximum Gasteiger partial charge on any atom is 0.276 e. The molecule has 1 amide bonds. The standard InChI is InChI=1S/C13H16N2O5/c1-13(8-16,9-17)14-12(18)7-6-10-4-2-3-5-11(10)15(19)20/h2-7,16-17H,8-9H2,1H3,(H,14,18)/b7-6+.